The van der Waals surface area contributed by atoms with Crippen molar-refractivity contribution in [1.82, 2.24) is 4.98 Å². The molecule has 2 N–H and O–H groups in total. The average Bonchev–Trinajstić information content (AvgIpc) is 2.70. The van der Waals surface area contributed by atoms with E-state index in [4.69, 9.17) is 5.73 Å². The number of rotatable bonds is 1. The first-order valence-electron chi connectivity index (χ1n) is 5.70. The van der Waals surface area contributed by atoms with E-state index in [1.165, 1.54) is 0 Å². The summed E-state index contributed by atoms with van der Waals surface area (Å²) in [6.45, 7) is 1.97. The van der Waals surface area contributed by atoms with Gasteiger partial charge in [0, 0.05) is 17.3 Å². The Morgan fingerprint density at radius 3 is 2.61 bits per heavy atom. The van der Waals surface area contributed by atoms with Gasteiger partial charge in [0.2, 0.25) is 0 Å². The summed E-state index contributed by atoms with van der Waals surface area (Å²) in [5.41, 5.74) is 8.79. The van der Waals surface area contributed by atoms with Crippen LogP contribution in [0.3, 0.4) is 0 Å². The molecule has 1 aliphatic heterocycles. The molecular weight excluding hydrogens is 224 g/mol. The van der Waals surface area contributed by atoms with Crippen LogP contribution in [-0.2, 0) is 0 Å². The first-order valence-corrected chi connectivity index (χ1v) is 5.70. The van der Waals surface area contributed by atoms with Gasteiger partial charge in [-0.3, -0.25) is 0 Å². The van der Waals surface area contributed by atoms with E-state index in [0.29, 0.717) is 17.5 Å². The Morgan fingerprint density at radius 2 is 1.83 bits per heavy atom. The molecule has 4 heteroatoms. The third-order valence-corrected chi connectivity index (χ3v) is 2.86. The van der Waals surface area contributed by atoms with Crippen molar-refractivity contribution in [1.29, 1.82) is 0 Å². The largest absolute Gasteiger partial charge is 0.383 e. The molecule has 0 atom stereocenters. The van der Waals surface area contributed by atoms with Crippen LogP contribution >= 0.6 is 0 Å². The van der Waals surface area contributed by atoms with Gasteiger partial charge in [-0.2, -0.15) is 0 Å². The number of hydrogen-bond donors (Lipinski definition) is 1. The van der Waals surface area contributed by atoms with Crippen molar-refractivity contribution in [3.8, 4) is 0 Å². The fraction of sp³-hybridized carbons (Fsp3) is 0.0714. The SMILES string of the molecule is Cc1cccnc1/N=C1\N=C(N)c2ccccc21. The summed E-state index contributed by atoms with van der Waals surface area (Å²) in [6, 6.07) is 11.7. The minimum absolute atomic E-state index is 0.512. The molecule has 0 fully saturated rings. The Labute approximate surface area is 105 Å². The van der Waals surface area contributed by atoms with Crippen LogP contribution in [0, 0.1) is 6.92 Å². The highest BCUT2D eigenvalue weighted by atomic mass is 15.0. The van der Waals surface area contributed by atoms with Crippen molar-refractivity contribution in [2.75, 3.05) is 0 Å². The van der Waals surface area contributed by atoms with Crippen molar-refractivity contribution in [2.24, 2.45) is 15.7 Å². The maximum absolute atomic E-state index is 5.88. The molecule has 0 saturated heterocycles. The van der Waals surface area contributed by atoms with Gasteiger partial charge in [-0.15, -0.1) is 0 Å². The highest BCUT2D eigenvalue weighted by Gasteiger charge is 2.18. The molecule has 4 nitrogen and oxygen atoms in total. The minimum Gasteiger partial charge on any atom is -0.383 e. The average molecular weight is 236 g/mol. The van der Waals surface area contributed by atoms with E-state index in [-0.39, 0.29) is 0 Å². The molecular formula is C14H12N4. The normalized spacial score (nSPS) is 15.6. The second-order valence-corrected chi connectivity index (χ2v) is 4.12. The summed E-state index contributed by atoms with van der Waals surface area (Å²) >= 11 is 0. The van der Waals surface area contributed by atoms with E-state index in [0.717, 1.165) is 16.7 Å². The Kier molecular flexibility index (Phi) is 2.41. The van der Waals surface area contributed by atoms with Crippen LogP contribution < -0.4 is 5.73 Å². The Bertz CT molecular complexity index is 671. The van der Waals surface area contributed by atoms with Gasteiger partial charge in [-0.1, -0.05) is 30.3 Å². The number of aromatic nitrogens is 1. The van der Waals surface area contributed by atoms with Gasteiger partial charge in [0.15, 0.2) is 11.7 Å². The topological polar surface area (TPSA) is 63.6 Å². The van der Waals surface area contributed by atoms with Gasteiger partial charge in [-0.25, -0.2) is 15.0 Å². The lowest BCUT2D eigenvalue weighted by Gasteiger charge is -2.00. The molecule has 1 aromatic carbocycles. The lowest BCUT2D eigenvalue weighted by atomic mass is 10.1. The fourth-order valence-electron chi connectivity index (χ4n) is 1.92. The lowest BCUT2D eigenvalue weighted by molar-refractivity contribution is 1.22. The van der Waals surface area contributed by atoms with Crippen LogP contribution in [0.4, 0.5) is 5.82 Å². The summed E-state index contributed by atoms with van der Waals surface area (Å²) in [6.07, 6.45) is 1.72. The van der Waals surface area contributed by atoms with Crippen molar-refractivity contribution in [3.05, 3.63) is 59.3 Å². The Hall–Kier alpha value is -2.49. The third-order valence-electron chi connectivity index (χ3n) is 2.86. The highest BCUT2D eigenvalue weighted by molar-refractivity contribution is 6.22. The third kappa shape index (κ3) is 1.68. The molecule has 0 radical (unpaired) electrons. The highest BCUT2D eigenvalue weighted by Crippen LogP contribution is 2.21. The lowest BCUT2D eigenvalue weighted by Crippen LogP contribution is -2.09. The maximum Gasteiger partial charge on any atom is 0.164 e. The van der Waals surface area contributed by atoms with E-state index in [2.05, 4.69) is 15.0 Å². The van der Waals surface area contributed by atoms with E-state index in [9.17, 15) is 0 Å². The second-order valence-electron chi connectivity index (χ2n) is 4.12. The van der Waals surface area contributed by atoms with E-state index in [1.807, 2.05) is 43.3 Å². The minimum atomic E-state index is 0.512. The van der Waals surface area contributed by atoms with Crippen LogP contribution in [0.5, 0.6) is 0 Å². The smallest absolute Gasteiger partial charge is 0.164 e. The van der Waals surface area contributed by atoms with Crippen molar-refractivity contribution in [3.63, 3.8) is 0 Å². The molecule has 1 aromatic heterocycles. The molecule has 0 saturated carbocycles. The molecule has 0 spiro atoms. The molecule has 2 heterocycles. The van der Waals surface area contributed by atoms with Gasteiger partial charge in [-0.05, 0) is 18.6 Å². The molecule has 2 aromatic rings. The first kappa shape index (κ1) is 10.7. The zero-order chi connectivity index (χ0) is 12.5. The first-order chi connectivity index (χ1) is 8.75. The van der Waals surface area contributed by atoms with Gasteiger partial charge >= 0.3 is 0 Å². The molecule has 1 aliphatic rings. The molecule has 18 heavy (non-hydrogen) atoms. The summed E-state index contributed by atoms with van der Waals surface area (Å²) in [7, 11) is 0. The van der Waals surface area contributed by atoms with Gasteiger partial charge < -0.3 is 5.73 Å². The molecule has 3 rings (SSSR count). The quantitative estimate of drug-likeness (QED) is 0.824. The number of fused-ring (bicyclic) bond motifs is 1. The second kappa shape index (κ2) is 4.07. The molecule has 88 valence electrons. The number of nitrogens with two attached hydrogens (primary N) is 1. The number of nitrogens with zero attached hydrogens (tertiary/aromatic N) is 3. The predicted octanol–water partition coefficient (Wildman–Crippen LogP) is 2.19. The number of aliphatic imine (C=N–C) groups is 2. The van der Waals surface area contributed by atoms with Gasteiger partial charge in [0.25, 0.3) is 0 Å². The maximum atomic E-state index is 5.88. The van der Waals surface area contributed by atoms with E-state index >= 15 is 0 Å². The van der Waals surface area contributed by atoms with Crippen molar-refractivity contribution in [2.45, 2.75) is 6.92 Å². The number of pyridine rings is 1. The summed E-state index contributed by atoms with van der Waals surface area (Å²) in [5, 5.41) is 0. The van der Waals surface area contributed by atoms with Gasteiger partial charge in [0.05, 0.1) is 0 Å². The fourth-order valence-corrected chi connectivity index (χ4v) is 1.92. The number of aryl methyl sites for hydroxylation is 1. The monoisotopic (exact) mass is 236 g/mol. The van der Waals surface area contributed by atoms with Crippen molar-refractivity contribution >= 4 is 17.5 Å². The number of benzene rings is 1. The summed E-state index contributed by atoms with van der Waals surface area (Å²) < 4.78 is 0. The van der Waals surface area contributed by atoms with Crippen molar-refractivity contribution < 1.29 is 0 Å². The molecule has 0 unspecified atom stereocenters. The summed E-state index contributed by atoms with van der Waals surface area (Å²) in [4.78, 5) is 13.0. The predicted molar refractivity (Wildman–Crippen MR) is 72.3 cm³/mol. The van der Waals surface area contributed by atoms with Crippen LogP contribution in [0.2, 0.25) is 0 Å². The zero-order valence-corrected chi connectivity index (χ0v) is 9.96. The molecule has 0 amide bonds. The van der Waals surface area contributed by atoms with Crippen LogP contribution in [0.1, 0.15) is 16.7 Å². The van der Waals surface area contributed by atoms with Crippen LogP contribution in [0.25, 0.3) is 0 Å². The standard InChI is InChI=1S/C14H12N4/c1-9-5-4-8-16-13(9)18-14-11-7-3-2-6-10(11)12(15)17-14/h2-8H,1H3,(H2,15,16,17,18). The Morgan fingerprint density at radius 1 is 1.06 bits per heavy atom. The zero-order valence-electron chi connectivity index (χ0n) is 9.96. The van der Waals surface area contributed by atoms with Gasteiger partial charge in [0.1, 0.15) is 5.84 Å². The van der Waals surface area contributed by atoms with Crippen LogP contribution in [0.15, 0.2) is 52.6 Å². The number of amidine groups is 2. The van der Waals surface area contributed by atoms with E-state index < -0.39 is 0 Å². The van der Waals surface area contributed by atoms with Crippen LogP contribution in [-0.4, -0.2) is 16.7 Å². The summed E-state index contributed by atoms with van der Waals surface area (Å²) in [5.74, 6) is 1.82. The Balaban J connectivity index is 2.13. The molecule has 0 bridgehead atoms. The van der Waals surface area contributed by atoms with E-state index in [1.54, 1.807) is 6.20 Å². The number of hydrogen-bond acceptors (Lipinski definition) is 3. The molecule has 0 aliphatic carbocycles.